The summed E-state index contributed by atoms with van der Waals surface area (Å²) in [6.07, 6.45) is 8.67. The van der Waals surface area contributed by atoms with Crippen molar-refractivity contribution in [3.05, 3.63) is 0 Å². The molecule has 1 spiro atoms. The lowest BCUT2D eigenvalue weighted by Gasteiger charge is -2.41. The van der Waals surface area contributed by atoms with E-state index in [0.29, 0.717) is 6.42 Å². The Morgan fingerprint density at radius 2 is 2.12 bits per heavy atom. The van der Waals surface area contributed by atoms with E-state index in [9.17, 15) is 9.90 Å². The van der Waals surface area contributed by atoms with Gasteiger partial charge in [-0.3, -0.25) is 9.79 Å². The van der Waals surface area contributed by atoms with Crippen LogP contribution in [0.4, 0.5) is 0 Å². The van der Waals surface area contributed by atoms with E-state index in [2.05, 4.69) is 20.5 Å². The normalized spacial score (nSPS) is 30.0. The molecule has 3 rings (SSSR count). The highest BCUT2D eigenvalue weighted by atomic mass is 16.3. The van der Waals surface area contributed by atoms with E-state index in [0.717, 1.165) is 51.4 Å². The van der Waals surface area contributed by atoms with Crippen molar-refractivity contribution in [2.45, 2.75) is 51.4 Å². The van der Waals surface area contributed by atoms with Crippen LogP contribution in [0.15, 0.2) is 4.99 Å². The predicted molar refractivity (Wildman–Crippen MR) is 94.8 cm³/mol. The third kappa shape index (κ3) is 3.68. The monoisotopic (exact) mass is 336 g/mol. The van der Waals surface area contributed by atoms with Crippen molar-refractivity contribution in [1.29, 1.82) is 0 Å². The van der Waals surface area contributed by atoms with E-state index in [1.807, 2.05) is 7.05 Å². The minimum atomic E-state index is 0.0864. The van der Waals surface area contributed by atoms with Crippen molar-refractivity contribution in [2.75, 3.05) is 39.8 Å². The molecule has 0 aromatic rings. The number of nitrogens with one attached hydrogen (secondary N) is 2. The van der Waals surface area contributed by atoms with Crippen LogP contribution in [0.2, 0.25) is 0 Å². The lowest BCUT2D eigenvalue weighted by molar-refractivity contribution is -0.119. The number of nitrogens with zero attached hydrogens (tertiary/aromatic N) is 2. The fourth-order valence-electron chi connectivity index (χ4n) is 4.91. The smallest absolute Gasteiger partial charge is 0.220 e. The first-order chi connectivity index (χ1) is 11.6. The van der Waals surface area contributed by atoms with E-state index in [1.54, 1.807) is 0 Å². The molecule has 0 aromatic carbocycles. The number of likely N-dealkylation sites (tertiary alicyclic amines) is 1. The summed E-state index contributed by atoms with van der Waals surface area (Å²) >= 11 is 0. The largest absolute Gasteiger partial charge is 0.396 e. The fraction of sp³-hybridized carbons (Fsp3) is 0.889. The van der Waals surface area contributed by atoms with Crippen molar-refractivity contribution in [1.82, 2.24) is 15.5 Å². The number of hydrogen-bond donors (Lipinski definition) is 3. The molecule has 1 unspecified atom stereocenters. The molecule has 2 saturated heterocycles. The van der Waals surface area contributed by atoms with Crippen LogP contribution in [0, 0.1) is 10.8 Å². The molecule has 0 bridgehead atoms. The lowest BCUT2D eigenvalue weighted by atomic mass is 9.79. The Bertz CT molecular complexity index is 487. The lowest BCUT2D eigenvalue weighted by Crippen LogP contribution is -2.52. The molecule has 2 heterocycles. The summed E-state index contributed by atoms with van der Waals surface area (Å²) in [5.74, 6) is 1.14. The average Bonchev–Trinajstić information content (AvgIpc) is 3.16. The number of guanidine groups is 1. The maximum absolute atomic E-state index is 11.7. The number of aliphatic hydroxyl groups is 1. The van der Waals surface area contributed by atoms with Crippen molar-refractivity contribution >= 4 is 11.9 Å². The summed E-state index contributed by atoms with van der Waals surface area (Å²) in [5.41, 5.74) is 0.312. The number of carbonyl (C=O) groups excluding carboxylic acids is 1. The maximum atomic E-state index is 11.7. The van der Waals surface area contributed by atoms with Gasteiger partial charge in [-0.1, -0.05) is 12.8 Å². The van der Waals surface area contributed by atoms with E-state index in [1.165, 1.54) is 25.7 Å². The average molecular weight is 336 g/mol. The zero-order valence-electron chi connectivity index (χ0n) is 14.9. The molecule has 136 valence electrons. The molecular formula is C18H32N4O2. The molecule has 3 fully saturated rings. The van der Waals surface area contributed by atoms with E-state index >= 15 is 0 Å². The van der Waals surface area contributed by atoms with Gasteiger partial charge in [0.1, 0.15) is 0 Å². The first-order valence-electron chi connectivity index (χ1n) is 9.44. The zero-order chi connectivity index (χ0) is 17.0. The highest BCUT2D eigenvalue weighted by Crippen LogP contribution is 2.40. The van der Waals surface area contributed by atoms with E-state index in [4.69, 9.17) is 0 Å². The van der Waals surface area contributed by atoms with E-state index < -0.39 is 0 Å². The Labute approximate surface area is 145 Å². The second-order valence-electron chi connectivity index (χ2n) is 8.06. The molecule has 1 aliphatic carbocycles. The van der Waals surface area contributed by atoms with Crippen LogP contribution in [0.25, 0.3) is 0 Å². The molecular weight excluding hydrogens is 304 g/mol. The van der Waals surface area contributed by atoms with Gasteiger partial charge in [-0.25, -0.2) is 0 Å². The van der Waals surface area contributed by atoms with Gasteiger partial charge < -0.3 is 20.6 Å². The minimum absolute atomic E-state index is 0.0864. The molecule has 3 N–H and O–H groups in total. The molecule has 1 saturated carbocycles. The molecule has 6 heteroatoms. The SMILES string of the molecule is CN=C(NCC1(CCO)CCCC1)N1CCCC2(CNC(=O)C2)C1. The molecule has 1 amide bonds. The standard InChI is InChI=1S/C18H32N4O2/c1-19-16(21-12-17(8-10-23)5-2-3-6-17)22-9-4-7-18(14-22)11-15(24)20-13-18/h23H,2-14H2,1H3,(H,19,21)(H,20,24). The number of amides is 1. The summed E-state index contributed by atoms with van der Waals surface area (Å²) in [5, 5.41) is 16.0. The Morgan fingerprint density at radius 3 is 2.75 bits per heavy atom. The summed E-state index contributed by atoms with van der Waals surface area (Å²) in [6.45, 7) is 3.86. The van der Waals surface area contributed by atoms with Crippen molar-refractivity contribution < 1.29 is 9.90 Å². The van der Waals surface area contributed by atoms with Gasteiger partial charge in [0, 0.05) is 51.7 Å². The number of carbonyl (C=O) groups is 1. The Balaban J connectivity index is 1.60. The Kier molecular flexibility index (Phi) is 5.33. The molecule has 1 atom stereocenters. The van der Waals surface area contributed by atoms with Gasteiger partial charge in [-0.15, -0.1) is 0 Å². The van der Waals surface area contributed by atoms with Crippen LogP contribution in [-0.2, 0) is 4.79 Å². The van der Waals surface area contributed by atoms with Crippen molar-refractivity contribution in [3.8, 4) is 0 Å². The molecule has 0 aromatic heterocycles. The highest BCUT2D eigenvalue weighted by Gasteiger charge is 2.42. The number of aliphatic hydroxyl groups excluding tert-OH is 1. The predicted octanol–water partition coefficient (Wildman–Crippen LogP) is 1.11. The molecule has 6 nitrogen and oxygen atoms in total. The van der Waals surface area contributed by atoms with Gasteiger partial charge in [0.15, 0.2) is 5.96 Å². The quantitative estimate of drug-likeness (QED) is 0.531. The van der Waals surface area contributed by atoms with Gasteiger partial charge in [0.05, 0.1) is 0 Å². The molecule has 2 aliphatic heterocycles. The van der Waals surface area contributed by atoms with Gasteiger partial charge >= 0.3 is 0 Å². The van der Waals surface area contributed by atoms with Crippen LogP contribution >= 0.6 is 0 Å². The van der Waals surface area contributed by atoms with Crippen LogP contribution in [0.1, 0.15) is 51.4 Å². The number of rotatable bonds is 4. The van der Waals surface area contributed by atoms with Crippen molar-refractivity contribution in [2.24, 2.45) is 15.8 Å². The maximum Gasteiger partial charge on any atom is 0.220 e. The van der Waals surface area contributed by atoms with Crippen LogP contribution in [0.5, 0.6) is 0 Å². The van der Waals surface area contributed by atoms with Crippen LogP contribution < -0.4 is 10.6 Å². The van der Waals surface area contributed by atoms with Crippen LogP contribution in [-0.4, -0.2) is 61.7 Å². The van der Waals surface area contributed by atoms with Gasteiger partial charge in [0.2, 0.25) is 5.91 Å². The van der Waals surface area contributed by atoms with Gasteiger partial charge in [0.25, 0.3) is 0 Å². The van der Waals surface area contributed by atoms with Crippen molar-refractivity contribution in [3.63, 3.8) is 0 Å². The highest BCUT2D eigenvalue weighted by molar-refractivity contribution is 5.81. The first kappa shape index (κ1) is 17.5. The summed E-state index contributed by atoms with van der Waals surface area (Å²) in [6, 6.07) is 0. The summed E-state index contributed by atoms with van der Waals surface area (Å²) in [7, 11) is 1.84. The van der Waals surface area contributed by atoms with Gasteiger partial charge in [-0.2, -0.15) is 0 Å². The van der Waals surface area contributed by atoms with Crippen LogP contribution in [0.3, 0.4) is 0 Å². The number of hydrogen-bond acceptors (Lipinski definition) is 3. The second kappa shape index (κ2) is 7.30. The Morgan fingerprint density at radius 1 is 1.33 bits per heavy atom. The molecule has 3 aliphatic rings. The molecule has 0 radical (unpaired) electrons. The van der Waals surface area contributed by atoms with Gasteiger partial charge in [-0.05, 0) is 37.5 Å². The third-order valence-corrected chi connectivity index (χ3v) is 6.30. The topological polar surface area (TPSA) is 77.0 Å². The minimum Gasteiger partial charge on any atom is -0.396 e. The zero-order valence-corrected chi connectivity index (χ0v) is 14.9. The second-order valence-corrected chi connectivity index (χ2v) is 8.06. The number of aliphatic imine (C=N–C) groups is 1. The number of piperidine rings is 1. The Hall–Kier alpha value is -1.30. The first-order valence-corrected chi connectivity index (χ1v) is 9.44. The van der Waals surface area contributed by atoms with E-state index in [-0.39, 0.29) is 23.3 Å². The molecule has 24 heavy (non-hydrogen) atoms. The summed E-state index contributed by atoms with van der Waals surface area (Å²) < 4.78 is 0. The fourth-order valence-corrected chi connectivity index (χ4v) is 4.91. The third-order valence-electron chi connectivity index (χ3n) is 6.30. The summed E-state index contributed by atoms with van der Waals surface area (Å²) in [4.78, 5) is 18.5.